The molecule has 2 amide bonds. The van der Waals surface area contributed by atoms with Gasteiger partial charge < -0.3 is 15.0 Å². The predicted octanol–water partition coefficient (Wildman–Crippen LogP) is 3.06. The van der Waals surface area contributed by atoms with E-state index in [9.17, 15) is 18.4 Å². The summed E-state index contributed by atoms with van der Waals surface area (Å²) in [6, 6.07) is 5.91. The fourth-order valence-corrected chi connectivity index (χ4v) is 2.01. The van der Waals surface area contributed by atoms with Gasteiger partial charge in [0.2, 0.25) is 11.8 Å². The van der Waals surface area contributed by atoms with Gasteiger partial charge in [0, 0.05) is 18.2 Å². The Morgan fingerprint density at radius 2 is 1.84 bits per heavy atom. The number of rotatable bonds is 7. The lowest BCUT2D eigenvalue weighted by Gasteiger charge is -2.24. The molecular weight excluding hydrogens is 330 g/mol. The topological polar surface area (TPSA) is 58.6 Å². The molecule has 0 bridgehead atoms. The van der Waals surface area contributed by atoms with Crippen LogP contribution < -0.4 is 10.1 Å². The summed E-state index contributed by atoms with van der Waals surface area (Å²) < 4.78 is 28.4. The molecule has 1 rings (SSSR count). The summed E-state index contributed by atoms with van der Waals surface area (Å²) in [4.78, 5) is 25.5. The number of nitrogens with one attached hydrogen (secondary N) is 1. The minimum Gasteiger partial charge on any atom is -0.435 e. The lowest BCUT2D eigenvalue weighted by Crippen LogP contribution is -2.47. The van der Waals surface area contributed by atoms with Crippen molar-refractivity contribution >= 4 is 17.9 Å². The zero-order chi connectivity index (χ0) is 19.0. The van der Waals surface area contributed by atoms with Crippen LogP contribution in [-0.2, 0) is 9.59 Å². The maximum atomic E-state index is 12.2. The highest BCUT2D eigenvalue weighted by Crippen LogP contribution is 2.15. The Labute approximate surface area is 146 Å². The van der Waals surface area contributed by atoms with E-state index in [-0.39, 0.29) is 29.6 Å². The number of hydrogen-bond donors (Lipinski definition) is 1. The molecule has 0 unspecified atom stereocenters. The molecule has 7 heteroatoms. The molecule has 1 N–H and O–H groups in total. The van der Waals surface area contributed by atoms with E-state index in [1.54, 1.807) is 25.1 Å². The molecule has 0 heterocycles. The highest BCUT2D eigenvalue weighted by molar-refractivity contribution is 5.94. The zero-order valence-corrected chi connectivity index (χ0v) is 14.9. The van der Waals surface area contributed by atoms with Gasteiger partial charge in [0.1, 0.15) is 5.75 Å². The highest BCUT2D eigenvalue weighted by atomic mass is 19.3. The molecule has 0 saturated heterocycles. The van der Waals surface area contributed by atoms with Crippen LogP contribution in [0.3, 0.4) is 0 Å². The monoisotopic (exact) mass is 354 g/mol. The summed E-state index contributed by atoms with van der Waals surface area (Å²) in [5, 5.41) is 2.80. The molecular formula is C18H24F2N2O3. The van der Waals surface area contributed by atoms with Crippen LogP contribution >= 0.6 is 0 Å². The number of hydrogen-bond acceptors (Lipinski definition) is 3. The fourth-order valence-electron chi connectivity index (χ4n) is 2.01. The van der Waals surface area contributed by atoms with E-state index >= 15 is 0 Å². The molecule has 0 spiro atoms. The number of nitrogens with zero attached hydrogens (tertiary/aromatic N) is 1. The number of carbonyl (C=O) groups excluding carboxylic acids is 2. The average Bonchev–Trinajstić information content (AvgIpc) is 2.49. The molecule has 0 aliphatic rings. The summed E-state index contributed by atoms with van der Waals surface area (Å²) in [5.41, 5.74) is 0.294. The third kappa shape index (κ3) is 8.28. The van der Waals surface area contributed by atoms with Gasteiger partial charge in [-0.2, -0.15) is 8.78 Å². The van der Waals surface area contributed by atoms with Gasteiger partial charge in [-0.1, -0.05) is 12.1 Å². The fraction of sp³-hybridized carbons (Fsp3) is 0.444. The number of carbonyl (C=O) groups is 2. The molecule has 0 radical (unpaired) electrons. The SMILES string of the molecule is CCN(CC(=O)NC(C)(C)C)C(=O)/C=C/c1ccc(OC(F)F)cc1. The van der Waals surface area contributed by atoms with Crippen molar-refractivity contribution in [3.05, 3.63) is 35.9 Å². The van der Waals surface area contributed by atoms with Gasteiger partial charge in [0.05, 0.1) is 6.54 Å². The lowest BCUT2D eigenvalue weighted by molar-refractivity contribution is -0.132. The Balaban J connectivity index is 2.65. The smallest absolute Gasteiger partial charge is 0.387 e. The van der Waals surface area contributed by atoms with Crippen LogP contribution in [0, 0.1) is 0 Å². The number of amides is 2. The molecule has 0 saturated carbocycles. The first kappa shape index (κ1) is 20.6. The third-order valence-electron chi connectivity index (χ3n) is 3.07. The van der Waals surface area contributed by atoms with Crippen LogP contribution in [-0.4, -0.2) is 42.0 Å². The molecule has 1 aromatic rings. The van der Waals surface area contributed by atoms with Crippen molar-refractivity contribution in [2.24, 2.45) is 0 Å². The van der Waals surface area contributed by atoms with Crippen LogP contribution in [0.4, 0.5) is 8.78 Å². The first-order valence-electron chi connectivity index (χ1n) is 7.93. The molecule has 0 aromatic heterocycles. The Kier molecular flexibility index (Phi) is 7.54. The van der Waals surface area contributed by atoms with Crippen molar-refractivity contribution < 1.29 is 23.1 Å². The van der Waals surface area contributed by atoms with E-state index in [0.717, 1.165) is 0 Å². The summed E-state index contributed by atoms with van der Waals surface area (Å²) in [7, 11) is 0. The van der Waals surface area contributed by atoms with E-state index in [4.69, 9.17) is 0 Å². The predicted molar refractivity (Wildman–Crippen MR) is 92.3 cm³/mol. The Morgan fingerprint density at radius 3 is 2.32 bits per heavy atom. The molecule has 0 aliphatic heterocycles. The maximum absolute atomic E-state index is 12.2. The normalized spacial score (nSPS) is 11.6. The van der Waals surface area contributed by atoms with Crippen molar-refractivity contribution in [3.63, 3.8) is 0 Å². The second-order valence-electron chi connectivity index (χ2n) is 6.43. The zero-order valence-electron chi connectivity index (χ0n) is 14.9. The molecule has 0 aliphatic carbocycles. The Morgan fingerprint density at radius 1 is 1.24 bits per heavy atom. The van der Waals surface area contributed by atoms with Crippen molar-refractivity contribution in [1.82, 2.24) is 10.2 Å². The van der Waals surface area contributed by atoms with E-state index in [2.05, 4.69) is 10.1 Å². The molecule has 0 atom stereocenters. The van der Waals surface area contributed by atoms with Crippen molar-refractivity contribution in [2.45, 2.75) is 39.8 Å². The second kappa shape index (κ2) is 9.15. The van der Waals surface area contributed by atoms with E-state index in [1.165, 1.54) is 23.1 Å². The highest BCUT2D eigenvalue weighted by Gasteiger charge is 2.18. The summed E-state index contributed by atoms with van der Waals surface area (Å²) >= 11 is 0. The third-order valence-corrected chi connectivity index (χ3v) is 3.07. The van der Waals surface area contributed by atoms with Gasteiger partial charge >= 0.3 is 6.61 Å². The van der Waals surface area contributed by atoms with Gasteiger partial charge in [0.25, 0.3) is 0 Å². The van der Waals surface area contributed by atoms with Gasteiger partial charge in [0.15, 0.2) is 0 Å². The minimum atomic E-state index is -2.87. The number of alkyl halides is 2. The number of ether oxygens (including phenoxy) is 1. The first-order chi connectivity index (χ1) is 11.6. The van der Waals surface area contributed by atoms with Crippen LogP contribution in [0.25, 0.3) is 6.08 Å². The molecule has 25 heavy (non-hydrogen) atoms. The van der Waals surface area contributed by atoms with Crippen LogP contribution in [0.5, 0.6) is 5.75 Å². The van der Waals surface area contributed by atoms with E-state index in [0.29, 0.717) is 12.1 Å². The number of likely N-dealkylation sites (N-methyl/N-ethyl adjacent to an activating group) is 1. The van der Waals surface area contributed by atoms with Crippen LogP contribution in [0.15, 0.2) is 30.3 Å². The quantitative estimate of drug-likeness (QED) is 0.766. The average molecular weight is 354 g/mol. The van der Waals surface area contributed by atoms with E-state index < -0.39 is 6.61 Å². The van der Waals surface area contributed by atoms with Gasteiger partial charge in [-0.25, -0.2) is 0 Å². The van der Waals surface area contributed by atoms with Gasteiger partial charge in [-0.3, -0.25) is 9.59 Å². The molecule has 1 aromatic carbocycles. The van der Waals surface area contributed by atoms with Gasteiger partial charge in [-0.15, -0.1) is 0 Å². The minimum absolute atomic E-state index is 0.0297. The van der Waals surface area contributed by atoms with Gasteiger partial charge in [-0.05, 0) is 51.5 Å². The lowest BCUT2D eigenvalue weighted by atomic mass is 10.1. The van der Waals surface area contributed by atoms with Crippen molar-refractivity contribution in [3.8, 4) is 5.75 Å². The summed E-state index contributed by atoms with van der Waals surface area (Å²) in [6.45, 7) is 4.87. The number of halogens is 2. The number of benzene rings is 1. The molecule has 5 nitrogen and oxygen atoms in total. The van der Waals surface area contributed by atoms with Crippen LogP contribution in [0.1, 0.15) is 33.3 Å². The Bertz CT molecular complexity index is 608. The largest absolute Gasteiger partial charge is 0.435 e. The van der Waals surface area contributed by atoms with E-state index in [1.807, 2.05) is 20.8 Å². The van der Waals surface area contributed by atoms with Crippen molar-refractivity contribution in [1.29, 1.82) is 0 Å². The maximum Gasteiger partial charge on any atom is 0.387 e. The molecule has 138 valence electrons. The summed E-state index contributed by atoms with van der Waals surface area (Å²) in [5.74, 6) is -0.489. The Hall–Kier alpha value is -2.44. The van der Waals surface area contributed by atoms with Crippen molar-refractivity contribution in [2.75, 3.05) is 13.1 Å². The summed E-state index contributed by atoms with van der Waals surface area (Å²) in [6.07, 6.45) is 2.90. The second-order valence-corrected chi connectivity index (χ2v) is 6.43. The molecule has 0 fully saturated rings. The standard InChI is InChI=1S/C18H24F2N2O3/c1-5-22(12-15(23)21-18(2,3)4)16(24)11-8-13-6-9-14(10-7-13)25-17(19)20/h6-11,17H,5,12H2,1-4H3,(H,21,23)/b11-8+. The first-order valence-corrected chi connectivity index (χ1v) is 7.93. The van der Waals surface area contributed by atoms with Crippen LogP contribution in [0.2, 0.25) is 0 Å².